The minimum absolute atomic E-state index is 0.640. The minimum atomic E-state index is -0.640. The third-order valence-corrected chi connectivity index (χ3v) is 3.80. The first kappa shape index (κ1) is 12.6. The quantitative estimate of drug-likeness (QED) is 0.851. The largest absolute Gasteiger partial charge is 0.344 e. The van der Waals surface area contributed by atoms with Crippen molar-refractivity contribution in [2.24, 2.45) is 0 Å². The smallest absolute Gasteiger partial charge is 0.194 e. The van der Waals surface area contributed by atoms with Gasteiger partial charge in [0.15, 0.2) is 5.79 Å². The van der Waals surface area contributed by atoms with Crippen molar-refractivity contribution >= 4 is 5.52 Å². The maximum Gasteiger partial charge on any atom is 0.194 e. The molecule has 3 heterocycles. The Morgan fingerprint density at radius 1 is 1.21 bits per heavy atom. The Balaban J connectivity index is 2.22. The first-order valence-corrected chi connectivity index (χ1v) is 6.97. The van der Waals surface area contributed by atoms with E-state index >= 15 is 0 Å². The second kappa shape index (κ2) is 4.62. The van der Waals surface area contributed by atoms with Gasteiger partial charge in [-0.25, -0.2) is 4.52 Å². The van der Waals surface area contributed by atoms with Crippen LogP contribution in [0.15, 0.2) is 18.2 Å². The van der Waals surface area contributed by atoms with E-state index in [0.717, 1.165) is 29.6 Å². The lowest BCUT2D eigenvalue weighted by Crippen LogP contribution is -2.23. The highest BCUT2D eigenvalue weighted by molar-refractivity contribution is 5.58. The molecule has 1 fully saturated rings. The minimum Gasteiger partial charge on any atom is -0.344 e. The van der Waals surface area contributed by atoms with E-state index in [1.807, 2.05) is 11.4 Å². The molecule has 102 valence electrons. The fourth-order valence-electron chi connectivity index (χ4n) is 2.67. The topological polar surface area (TPSA) is 35.8 Å². The lowest BCUT2D eigenvalue weighted by molar-refractivity contribution is -0.148. The molecule has 0 bridgehead atoms. The van der Waals surface area contributed by atoms with Gasteiger partial charge in [-0.15, -0.1) is 0 Å². The second-order valence-corrected chi connectivity index (χ2v) is 5.02. The van der Waals surface area contributed by atoms with Gasteiger partial charge in [-0.3, -0.25) is 0 Å². The lowest BCUT2D eigenvalue weighted by Gasteiger charge is -2.24. The molecule has 0 N–H and O–H groups in total. The average Bonchev–Trinajstić information content (AvgIpc) is 3.04. The number of ether oxygens (including phenoxy) is 2. The predicted molar refractivity (Wildman–Crippen MR) is 73.2 cm³/mol. The first-order chi connectivity index (χ1) is 9.18. The Kier molecular flexibility index (Phi) is 3.07. The monoisotopic (exact) mass is 260 g/mol. The molecule has 0 atom stereocenters. The molecule has 0 aliphatic carbocycles. The number of hydrogen-bond donors (Lipinski definition) is 0. The summed E-state index contributed by atoms with van der Waals surface area (Å²) >= 11 is 0. The SMILES string of the molecule is CCc1cc2c(C3(C)OCCO3)ccc(CC)n2n1. The van der Waals surface area contributed by atoms with Crippen molar-refractivity contribution < 1.29 is 9.47 Å². The van der Waals surface area contributed by atoms with Crippen molar-refractivity contribution in [1.29, 1.82) is 0 Å². The molecule has 1 aliphatic rings. The zero-order chi connectivity index (χ0) is 13.5. The molecular formula is C15H20N2O2. The second-order valence-electron chi connectivity index (χ2n) is 5.02. The van der Waals surface area contributed by atoms with Crippen LogP contribution in [0.1, 0.15) is 37.7 Å². The van der Waals surface area contributed by atoms with Gasteiger partial charge in [0.25, 0.3) is 0 Å². The zero-order valence-corrected chi connectivity index (χ0v) is 11.8. The van der Waals surface area contributed by atoms with Gasteiger partial charge >= 0.3 is 0 Å². The highest BCUT2D eigenvalue weighted by atomic mass is 16.7. The van der Waals surface area contributed by atoms with Crippen LogP contribution in [0.5, 0.6) is 0 Å². The Hall–Kier alpha value is -1.39. The molecule has 1 aliphatic heterocycles. The van der Waals surface area contributed by atoms with Crippen molar-refractivity contribution in [1.82, 2.24) is 9.61 Å². The Labute approximate surface area is 113 Å². The Morgan fingerprint density at radius 3 is 2.58 bits per heavy atom. The van der Waals surface area contributed by atoms with Crippen LogP contribution in [0.25, 0.3) is 5.52 Å². The molecule has 4 nitrogen and oxygen atoms in total. The number of rotatable bonds is 3. The summed E-state index contributed by atoms with van der Waals surface area (Å²) in [6, 6.07) is 6.37. The van der Waals surface area contributed by atoms with Gasteiger partial charge in [0.1, 0.15) is 0 Å². The van der Waals surface area contributed by atoms with Gasteiger partial charge in [0.2, 0.25) is 0 Å². The standard InChI is InChI=1S/C15H20N2O2/c1-4-11-10-14-13(15(3)18-8-9-19-15)7-6-12(5-2)17(14)16-11/h6-7,10H,4-5,8-9H2,1-3H3. The van der Waals surface area contributed by atoms with E-state index in [9.17, 15) is 0 Å². The molecule has 0 aromatic carbocycles. The summed E-state index contributed by atoms with van der Waals surface area (Å²) in [6.07, 6.45) is 1.89. The summed E-state index contributed by atoms with van der Waals surface area (Å²) in [6.45, 7) is 7.54. The first-order valence-electron chi connectivity index (χ1n) is 6.97. The Bertz CT molecular complexity index is 597. The van der Waals surface area contributed by atoms with Gasteiger partial charge < -0.3 is 9.47 Å². The number of aromatic nitrogens is 2. The molecule has 2 aromatic rings. The van der Waals surface area contributed by atoms with Crippen LogP contribution in [-0.4, -0.2) is 22.8 Å². The number of hydrogen-bond acceptors (Lipinski definition) is 3. The third-order valence-electron chi connectivity index (χ3n) is 3.80. The molecule has 3 rings (SSSR count). The maximum atomic E-state index is 5.79. The van der Waals surface area contributed by atoms with Gasteiger partial charge in [0.05, 0.1) is 24.4 Å². The summed E-state index contributed by atoms with van der Waals surface area (Å²) in [5.41, 5.74) is 4.47. The highest BCUT2D eigenvalue weighted by Crippen LogP contribution is 2.34. The molecule has 2 aromatic heterocycles. The van der Waals surface area contributed by atoms with Crippen LogP contribution in [0, 0.1) is 0 Å². The van der Waals surface area contributed by atoms with Gasteiger partial charge in [-0.05, 0) is 38.0 Å². The van der Waals surface area contributed by atoms with Crippen LogP contribution < -0.4 is 0 Å². The van der Waals surface area contributed by atoms with Gasteiger partial charge in [-0.1, -0.05) is 13.8 Å². The van der Waals surface area contributed by atoms with Crippen LogP contribution in [0.3, 0.4) is 0 Å². The van der Waals surface area contributed by atoms with Gasteiger partial charge in [-0.2, -0.15) is 5.10 Å². The van der Waals surface area contributed by atoms with Crippen molar-refractivity contribution in [3.63, 3.8) is 0 Å². The molecule has 0 spiro atoms. The van der Waals surface area contributed by atoms with E-state index in [-0.39, 0.29) is 0 Å². The summed E-state index contributed by atoms with van der Waals surface area (Å²) in [7, 11) is 0. The fraction of sp³-hybridized carbons (Fsp3) is 0.533. The molecule has 0 radical (unpaired) electrons. The fourth-order valence-corrected chi connectivity index (χ4v) is 2.67. The van der Waals surface area contributed by atoms with E-state index in [4.69, 9.17) is 9.47 Å². The third kappa shape index (κ3) is 1.95. The van der Waals surface area contributed by atoms with Crippen LogP contribution in [0.4, 0.5) is 0 Å². The maximum absolute atomic E-state index is 5.79. The van der Waals surface area contributed by atoms with Crippen molar-refractivity contribution in [2.45, 2.75) is 39.4 Å². The van der Waals surface area contributed by atoms with Crippen LogP contribution in [0.2, 0.25) is 0 Å². The molecule has 1 saturated heterocycles. The molecule has 4 heteroatoms. The van der Waals surface area contributed by atoms with Crippen LogP contribution in [-0.2, 0) is 28.1 Å². The number of fused-ring (bicyclic) bond motifs is 1. The van der Waals surface area contributed by atoms with Crippen molar-refractivity contribution in [2.75, 3.05) is 13.2 Å². The number of nitrogens with zero attached hydrogens (tertiary/aromatic N) is 2. The number of pyridine rings is 1. The van der Waals surface area contributed by atoms with Crippen molar-refractivity contribution in [3.05, 3.63) is 35.2 Å². The van der Waals surface area contributed by atoms with E-state index in [1.54, 1.807) is 0 Å². The van der Waals surface area contributed by atoms with Gasteiger partial charge in [0, 0.05) is 11.3 Å². The summed E-state index contributed by atoms with van der Waals surface area (Å²) in [5.74, 6) is -0.640. The van der Waals surface area contributed by atoms with Crippen molar-refractivity contribution in [3.8, 4) is 0 Å². The van der Waals surface area contributed by atoms with E-state index in [0.29, 0.717) is 13.2 Å². The average molecular weight is 260 g/mol. The molecule has 19 heavy (non-hydrogen) atoms. The van der Waals surface area contributed by atoms with E-state index < -0.39 is 5.79 Å². The zero-order valence-electron chi connectivity index (χ0n) is 11.8. The molecule has 0 unspecified atom stereocenters. The predicted octanol–water partition coefficient (Wildman–Crippen LogP) is 2.68. The lowest BCUT2D eigenvalue weighted by atomic mass is 10.1. The Morgan fingerprint density at radius 2 is 1.95 bits per heavy atom. The summed E-state index contributed by atoms with van der Waals surface area (Å²) < 4.78 is 13.6. The normalized spacial score (nSPS) is 18.3. The molecule has 0 saturated carbocycles. The number of aryl methyl sites for hydroxylation is 2. The van der Waals surface area contributed by atoms with E-state index in [1.165, 1.54) is 5.69 Å². The summed E-state index contributed by atoms with van der Waals surface area (Å²) in [4.78, 5) is 0. The molecule has 0 amide bonds. The van der Waals surface area contributed by atoms with E-state index in [2.05, 4.69) is 37.1 Å². The molecular weight excluding hydrogens is 240 g/mol. The highest BCUT2D eigenvalue weighted by Gasteiger charge is 2.35. The summed E-state index contributed by atoms with van der Waals surface area (Å²) in [5, 5.41) is 4.67. The van der Waals surface area contributed by atoms with Crippen LogP contribution >= 0.6 is 0 Å².